The molecule has 0 N–H and O–H groups in total. The lowest BCUT2D eigenvalue weighted by molar-refractivity contribution is 0.0985. The monoisotopic (exact) mass is 426 g/mol. The summed E-state index contributed by atoms with van der Waals surface area (Å²) in [5.74, 6) is 0.492. The third-order valence-corrected chi connectivity index (χ3v) is 6.24. The topological polar surface area (TPSA) is 51.0 Å². The number of hydrogen-bond acceptors (Lipinski definition) is 5. The van der Waals surface area contributed by atoms with Crippen molar-refractivity contribution in [1.82, 2.24) is 14.8 Å². The Kier molecular flexibility index (Phi) is 5.92. The van der Waals surface area contributed by atoms with Gasteiger partial charge in [-0.05, 0) is 48.2 Å². The lowest BCUT2D eigenvalue weighted by Crippen LogP contribution is -2.34. The van der Waals surface area contributed by atoms with Crippen LogP contribution >= 0.6 is 23.1 Å². The molecule has 0 saturated carbocycles. The lowest BCUT2D eigenvalue weighted by Gasteiger charge is -2.20. The smallest absolute Gasteiger partial charge is 0.260 e. The Morgan fingerprint density at radius 2 is 2.14 bits per heavy atom. The molecule has 1 amide bonds. The second-order valence-corrected chi connectivity index (χ2v) is 8.64. The third-order valence-electron chi connectivity index (χ3n) is 4.32. The number of carbonyl (C=O) groups is 1. The minimum absolute atomic E-state index is 0.129. The molecule has 0 aliphatic heterocycles. The zero-order chi connectivity index (χ0) is 20.2. The van der Waals surface area contributed by atoms with E-state index in [1.165, 1.54) is 23.5 Å². The number of anilines is 1. The Balaban J connectivity index is 1.68. The van der Waals surface area contributed by atoms with Crippen molar-refractivity contribution in [1.29, 1.82) is 0 Å². The lowest BCUT2D eigenvalue weighted by atomic mass is 10.2. The summed E-state index contributed by atoms with van der Waals surface area (Å²) in [6.45, 7) is 3.02. The molecule has 0 spiro atoms. The van der Waals surface area contributed by atoms with Crippen molar-refractivity contribution in [3.8, 4) is 0 Å². The van der Waals surface area contributed by atoms with E-state index in [1.807, 2.05) is 36.5 Å². The van der Waals surface area contributed by atoms with E-state index in [2.05, 4.69) is 17.0 Å². The Morgan fingerprint density at radius 1 is 1.24 bits per heavy atom. The summed E-state index contributed by atoms with van der Waals surface area (Å²) >= 11 is 3.00. The zero-order valence-corrected chi connectivity index (χ0v) is 17.4. The molecule has 0 atom stereocenters. The van der Waals surface area contributed by atoms with E-state index in [4.69, 9.17) is 0 Å². The highest BCUT2D eigenvalue weighted by molar-refractivity contribution is 7.99. The molecule has 148 valence electrons. The number of carbonyl (C=O) groups excluding carboxylic acids is 1. The molecule has 2 heterocycles. The average Bonchev–Trinajstić information content (AvgIpc) is 3.38. The molecule has 0 aliphatic rings. The highest BCUT2D eigenvalue weighted by atomic mass is 32.2. The van der Waals surface area contributed by atoms with Gasteiger partial charge in [0, 0.05) is 29.4 Å². The van der Waals surface area contributed by atoms with Crippen LogP contribution in [0.3, 0.4) is 0 Å². The van der Waals surface area contributed by atoms with Crippen LogP contribution in [0.15, 0.2) is 65.8 Å². The van der Waals surface area contributed by atoms with Crippen LogP contribution in [-0.4, -0.2) is 33.0 Å². The molecular formula is C21H19FN4OS2. The van der Waals surface area contributed by atoms with Gasteiger partial charge in [0.2, 0.25) is 0 Å². The summed E-state index contributed by atoms with van der Waals surface area (Å²) in [7, 11) is 0. The number of nitrogens with zero attached hydrogens (tertiary/aromatic N) is 4. The van der Waals surface area contributed by atoms with Gasteiger partial charge in [0.15, 0.2) is 5.13 Å². The number of rotatable bonds is 7. The van der Waals surface area contributed by atoms with E-state index in [0.717, 1.165) is 10.6 Å². The fraction of sp³-hybridized carbons (Fsp3) is 0.190. The van der Waals surface area contributed by atoms with Gasteiger partial charge in [-0.3, -0.25) is 14.4 Å². The van der Waals surface area contributed by atoms with Gasteiger partial charge >= 0.3 is 0 Å². The molecule has 0 bridgehead atoms. The number of thiazole rings is 1. The standard InChI is InChI=1S/C21H19FN4OS2/c1-2-28-17-6-3-5-15(13-17)20(27)26(12-11-25-10-4-9-23-25)21-24-18-8-7-16(22)14-19(18)29-21/h3-10,13-14H,2,11-12H2,1H3. The van der Waals surface area contributed by atoms with Crippen molar-refractivity contribution in [2.24, 2.45) is 0 Å². The molecule has 2 aromatic heterocycles. The summed E-state index contributed by atoms with van der Waals surface area (Å²) in [5, 5.41) is 4.77. The van der Waals surface area contributed by atoms with Crippen LogP contribution in [0.1, 0.15) is 17.3 Å². The summed E-state index contributed by atoms with van der Waals surface area (Å²) in [6, 6.07) is 13.9. The number of amides is 1. The Morgan fingerprint density at radius 3 is 2.93 bits per heavy atom. The molecular weight excluding hydrogens is 407 g/mol. The maximum atomic E-state index is 13.6. The van der Waals surface area contributed by atoms with Crippen molar-refractivity contribution in [3.05, 3.63) is 72.3 Å². The number of benzene rings is 2. The van der Waals surface area contributed by atoms with E-state index in [9.17, 15) is 9.18 Å². The van der Waals surface area contributed by atoms with Crippen LogP contribution in [-0.2, 0) is 6.54 Å². The van der Waals surface area contributed by atoms with E-state index < -0.39 is 0 Å². The van der Waals surface area contributed by atoms with Crippen LogP contribution in [0.4, 0.5) is 9.52 Å². The minimum atomic E-state index is -0.314. The number of hydrogen-bond donors (Lipinski definition) is 0. The highest BCUT2D eigenvalue weighted by Gasteiger charge is 2.22. The van der Waals surface area contributed by atoms with Crippen LogP contribution in [0.2, 0.25) is 0 Å². The van der Waals surface area contributed by atoms with E-state index in [0.29, 0.717) is 34.0 Å². The van der Waals surface area contributed by atoms with Crippen LogP contribution in [0, 0.1) is 5.82 Å². The maximum Gasteiger partial charge on any atom is 0.260 e. The van der Waals surface area contributed by atoms with E-state index in [1.54, 1.807) is 33.6 Å². The zero-order valence-electron chi connectivity index (χ0n) is 15.8. The molecule has 2 aromatic carbocycles. The third kappa shape index (κ3) is 4.49. The first-order chi connectivity index (χ1) is 14.1. The summed E-state index contributed by atoms with van der Waals surface area (Å²) in [4.78, 5) is 20.7. The molecule has 0 unspecified atom stereocenters. The Labute approximate surface area is 176 Å². The quantitative estimate of drug-likeness (QED) is 0.386. The minimum Gasteiger partial charge on any atom is -0.282 e. The SMILES string of the molecule is CCSc1cccc(C(=O)N(CCn2cccn2)c2nc3ccc(F)cc3s2)c1. The van der Waals surface area contributed by atoms with Gasteiger partial charge in [0.1, 0.15) is 5.82 Å². The van der Waals surface area contributed by atoms with Crippen molar-refractivity contribution in [2.45, 2.75) is 18.4 Å². The fourth-order valence-corrected chi connectivity index (χ4v) is 4.70. The number of halogens is 1. The number of thioether (sulfide) groups is 1. The fourth-order valence-electron chi connectivity index (χ4n) is 2.96. The van der Waals surface area contributed by atoms with Gasteiger partial charge < -0.3 is 0 Å². The Hall–Kier alpha value is -2.71. The van der Waals surface area contributed by atoms with Gasteiger partial charge in [-0.15, -0.1) is 11.8 Å². The summed E-state index contributed by atoms with van der Waals surface area (Å²) in [6.07, 6.45) is 3.56. The first-order valence-electron chi connectivity index (χ1n) is 9.22. The van der Waals surface area contributed by atoms with Gasteiger partial charge in [0.05, 0.1) is 16.8 Å². The Bertz CT molecular complexity index is 1130. The molecule has 4 rings (SSSR count). The van der Waals surface area contributed by atoms with Gasteiger partial charge in [-0.1, -0.05) is 24.3 Å². The second kappa shape index (κ2) is 8.75. The molecule has 5 nitrogen and oxygen atoms in total. The molecule has 0 fully saturated rings. The van der Waals surface area contributed by atoms with Crippen molar-refractivity contribution in [3.63, 3.8) is 0 Å². The molecule has 29 heavy (non-hydrogen) atoms. The maximum absolute atomic E-state index is 13.6. The number of aromatic nitrogens is 3. The van der Waals surface area contributed by atoms with Crippen LogP contribution in [0.5, 0.6) is 0 Å². The van der Waals surface area contributed by atoms with Gasteiger partial charge in [-0.2, -0.15) is 5.10 Å². The van der Waals surface area contributed by atoms with Crippen LogP contribution in [0.25, 0.3) is 10.2 Å². The number of fused-ring (bicyclic) bond motifs is 1. The highest BCUT2D eigenvalue weighted by Crippen LogP contribution is 2.30. The molecule has 4 aromatic rings. The normalized spacial score (nSPS) is 11.1. The van der Waals surface area contributed by atoms with Crippen LogP contribution < -0.4 is 4.90 Å². The van der Waals surface area contributed by atoms with E-state index >= 15 is 0 Å². The van der Waals surface area contributed by atoms with Crippen molar-refractivity contribution < 1.29 is 9.18 Å². The second-order valence-electron chi connectivity index (χ2n) is 6.30. The largest absolute Gasteiger partial charge is 0.282 e. The average molecular weight is 427 g/mol. The van der Waals surface area contributed by atoms with Gasteiger partial charge in [0.25, 0.3) is 5.91 Å². The molecule has 0 aliphatic carbocycles. The first-order valence-corrected chi connectivity index (χ1v) is 11.0. The van der Waals surface area contributed by atoms with Gasteiger partial charge in [-0.25, -0.2) is 9.37 Å². The van der Waals surface area contributed by atoms with E-state index in [-0.39, 0.29) is 11.7 Å². The molecule has 0 radical (unpaired) electrons. The predicted molar refractivity (Wildman–Crippen MR) is 116 cm³/mol. The molecule has 8 heteroatoms. The van der Waals surface area contributed by atoms with Crippen molar-refractivity contribution in [2.75, 3.05) is 17.2 Å². The summed E-state index contributed by atoms with van der Waals surface area (Å²) in [5.41, 5.74) is 1.29. The van der Waals surface area contributed by atoms with Crippen molar-refractivity contribution >= 4 is 44.4 Å². The first kappa shape index (κ1) is 19.6. The summed E-state index contributed by atoms with van der Waals surface area (Å²) < 4.78 is 16.1. The predicted octanol–water partition coefficient (Wildman–Crippen LogP) is 5.09. The molecule has 0 saturated heterocycles.